The molecule has 0 unspecified atom stereocenters. The zero-order valence-corrected chi connectivity index (χ0v) is 19.3. The lowest BCUT2D eigenvalue weighted by atomic mass is 9.92. The molecule has 0 bridgehead atoms. The highest BCUT2D eigenvalue weighted by Gasteiger charge is 2.35. The van der Waals surface area contributed by atoms with E-state index in [-0.39, 0.29) is 11.8 Å². The molecule has 0 atom stereocenters. The normalized spacial score (nSPS) is 21.4. The van der Waals surface area contributed by atoms with Crippen LogP contribution >= 0.6 is 0 Å². The highest BCUT2D eigenvalue weighted by atomic mass is 32.2. The molecular formula is C24H32N4O3S. The van der Waals surface area contributed by atoms with Crippen molar-refractivity contribution in [3.63, 3.8) is 0 Å². The molecule has 0 radical (unpaired) electrons. The first-order valence-electron chi connectivity index (χ1n) is 11.9. The molecule has 2 aromatic rings. The van der Waals surface area contributed by atoms with Crippen molar-refractivity contribution in [3.05, 3.63) is 48.0 Å². The van der Waals surface area contributed by atoms with Crippen molar-refractivity contribution in [2.24, 2.45) is 5.92 Å². The van der Waals surface area contributed by atoms with Crippen LogP contribution in [0.1, 0.15) is 55.7 Å². The van der Waals surface area contributed by atoms with E-state index in [0.717, 1.165) is 45.2 Å². The fourth-order valence-electron chi connectivity index (χ4n) is 5.49. The molecule has 7 nitrogen and oxygen atoms in total. The number of imidazole rings is 1. The summed E-state index contributed by atoms with van der Waals surface area (Å²) in [6.07, 6.45) is 13.0. The Morgan fingerprint density at radius 2 is 1.66 bits per heavy atom. The third-order valence-corrected chi connectivity index (χ3v) is 9.38. The van der Waals surface area contributed by atoms with Gasteiger partial charge < -0.3 is 9.47 Å². The summed E-state index contributed by atoms with van der Waals surface area (Å²) in [7, 11) is -3.50. The minimum atomic E-state index is -3.50. The Hall–Kier alpha value is -2.19. The lowest BCUT2D eigenvalue weighted by Crippen LogP contribution is -2.46. The molecule has 3 aliphatic rings. The van der Waals surface area contributed by atoms with E-state index in [9.17, 15) is 13.2 Å². The number of carbonyl (C=O) groups excluding carboxylic acids is 1. The van der Waals surface area contributed by atoms with E-state index in [1.165, 1.54) is 17.5 Å². The maximum atomic E-state index is 13.2. The molecule has 2 aliphatic heterocycles. The van der Waals surface area contributed by atoms with E-state index < -0.39 is 10.0 Å². The largest absolute Gasteiger partial charge is 0.342 e. The van der Waals surface area contributed by atoms with Gasteiger partial charge in [0.25, 0.3) is 0 Å². The number of aryl methyl sites for hydroxylation is 2. The van der Waals surface area contributed by atoms with E-state index >= 15 is 0 Å². The van der Waals surface area contributed by atoms with Gasteiger partial charge in [-0.1, -0.05) is 6.07 Å². The summed E-state index contributed by atoms with van der Waals surface area (Å²) in [5, 5.41) is 0. The molecule has 1 amide bonds. The molecule has 1 aromatic heterocycles. The molecular weight excluding hydrogens is 424 g/mol. The van der Waals surface area contributed by atoms with Crippen molar-refractivity contribution in [3.8, 4) is 0 Å². The maximum absolute atomic E-state index is 13.2. The van der Waals surface area contributed by atoms with Gasteiger partial charge in [-0.05, 0) is 74.6 Å². The van der Waals surface area contributed by atoms with Crippen molar-refractivity contribution in [2.75, 3.05) is 26.2 Å². The van der Waals surface area contributed by atoms with Crippen molar-refractivity contribution < 1.29 is 13.2 Å². The number of likely N-dealkylation sites (tertiary alicyclic amines) is 1. The number of fused-ring (bicyclic) bond motifs is 1. The lowest BCUT2D eigenvalue weighted by molar-refractivity contribution is -0.138. The minimum Gasteiger partial charge on any atom is -0.342 e. The maximum Gasteiger partial charge on any atom is 0.243 e. The zero-order chi connectivity index (χ0) is 22.1. The molecule has 0 N–H and O–H groups in total. The Labute approximate surface area is 190 Å². The van der Waals surface area contributed by atoms with Gasteiger partial charge in [0.05, 0.1) is 11.2 Å². The summed E-state index contributed by atoms with van der Waals surface area (Å²) in [4.78, 5) is 19.6. The fourth-order valence-corrected chi connectivity index (χ4v) is 7.01. The Kier molecular flexibility index (Phi) is 6.07. The molecule has 32 heavy (non-hydrogen) atoms. The van der Waals surface area contributed by atoms with Gasteiger partial charge in [0.1, 0.15) is 0 Å². The predicted octanol–water partition coefficient (Wildman–Crippen LogP) is 3.03. The molecule has 172 valence electrons. The second kappa shape index (κ2) is 8.98. The van der Waals surface area contributed by atoms with Crippen molar-refractivity contribution in [1.82, 2.24) is 18.8 Å². The van der Waals surface area contributed by atoms with Gasteiger partial charge in [0.15, 0.2) is 0 Å². The zero-order valence-electron chi connectivity index (χ0n) is 18.5. The summed E-state index contributed by atoms with van der Waals surface area (Å²) in [6, 6.07) is 6.04. The van der Waals surface area contributed by atoms with Crippen molar-refractivity contribution >= 4 is 15.9 Å². The molecule has 0 spiro atoms. The monoisotopic (exact) mass is 456 g/mol. The fraction of sp³-hybridized carbons (Fsp3) is 0.583. The number of hydrogen-bond donors (Lipinski definition) is 0. The highest BCUT2D eigenvalue weighted by molar-refractivity contribution is 7.89. The van der Waals surface area contributed by atoms with Gasteiger partial charge in [0.2, 0.25) is 15.9 Å². The Bertz CT molecular complexity index is 1050. The third-order valence-electron chi connectivity index (χ3n) is 7.48. The molecule has 3 heterocycles. The molecule has 5 rings (SSSR count). The van der Waals surface area contributed by atoms with Gasteiger partial charge in [-0.25, -0.2) is 13.4 Å². The first kappa shape index (κ1) is 21.6. The Morgan fingerprint density at radius 1 is 0.938 bits per heavy atom. The number of hydrogen-bond acceptors (Lipinski definition) is 4. The topological polar surface area (TPSA) is 75.5 Å². The number of nitrogens with zero attached hydrogens (tertiary/aromatic N) is 4. The number of benzene rings is 1. The Morgan fingerprint density at radius 3 is 2.34 bits per heavy atom. The second-order valence-corrected chi connectivity index (χ2v) is 11.3. The van der Waals surface area contributed by atoms with Crippen molar-refractivity contribution in [2.45, 2.75) is 62.3 Å². The predicted molar refractivity (Wildman–Crippen MR) is 122 cm³/mol. The summed E-state index contributed by atoms with van der Waals surface area (Å²) < 4.78 is 30.2. The van der Waals surface area contributed by atoms with Crippen LogP contribution in [0, 0.1) is 5.92 Å². The lowest BCUT2D eigenvalue weighted by Gasteiger charge is -2.37. The first-order valence-corrected chi connectivity index (χ1v) is 13.3. The van der Waals surface area contributed by atoms with E-state index in [0.29, 0.717) is 36.9 Å². The number of piperidine rings is 2. The quantitative estimate of drug-likeness (QED) is 0.709. The van der Waals surface area contributed by atoms with Crippen LogP contribution in [0.4, 0.5) is 0 Å². The molecule has 0 saturated carbocycles. The van der Waals surface area contributed by atoms with Crippen LogP contribution < -0.4 is 0 Å². The second-order valence-electron chi connectivity index (χ2n) is 9.38. The molecule has 2 saturated heterocycles. The van der Waals surface area contributed by atoms with Crippen LogP contribution in [0.25, 0.3) is 0 Å². The van der Waals surface area contributed by atoms with Crippen molar-refractivity contribution in [1.29, 1.82) is 0 Å². The number of rotatable bonds is 4. The van der Waals surface area contributed by atoms with Gasteiger partial charge in [-0.2, -0.15) is 4.31 Å². The van der Waals surface area contributed by atoms with Gasteiger partial charge in [-0.3, -0.25) is 4.79 Å². The van der Waals surface area contributed by atoms with Crippen LogP contribution in [0.3, 0.4) is 0 Å². The molecule has 8 heteroatoms. The average Bonchev–Trinajstić information content (AvgIpc) is 3.38. The molecule has 2 fully saturated rings. The standard InChI is InChI=1S/C24H32N4O3S/c29-24(26-12-9-22(10-13-26)27-16-11-25-18-27)20-7-14-28(15-8-20)32(30,31)23-6-5-19-3-1-2-4-21(19)17-23/h5-6,11,16-18,20,22H,1-4,7-10,12-15H2. The minimum absolute atomic E-state index is 0.0743. The number of aromatic nitrogens is 2. The van der Waals surface area contributed by atoms with Gasteiger partial charge >= 0.3 is 0 Å². The summed E-state index contributed by atoms with van der Waals surface area (Å²) in [5.41, 5.74) is 2.47. The van der Waals surface area contributed by atoms with E-state index in [2.05, 4.69) is 9.55 Å². The average molecular weight is 457 g/mol. The molecule has 1 aliphatic carbocycles. The third kappa shape index (κ3) is 4.22. The van der Waals surface area contributed by atoms with Crippen LogP contribution in [-0.2, 0) is 27.7 Å². The summed E-state index contributed by atoms with van der Waals surface area (Å²) in [5.74, 6) is 0.120. The smallest absolute Gasteiger partial charge is 0.243 e. The van der Waals surface area contributed by atoms with Crippen LogP contribution in [0.5, 0.6) is 0 Å². The van der Waals surface area contributed by atoms with Gasteiger partial charge in [0, 0.05) is 50.5 Å². The van der Waals surface area contributed by atoms with Crippen LogP contribution in [-0.4, -0.2) is 59.3 Å². The van der Waals surface area contributed by atoms with E-state index in [1.54, 1.807) is 16.6 Å². The highest BCUT2D eigenvalue weighted by Crippen LogP contribution is 2.30. The summed E-state index contributed by atoms with van der Waals surface area (Å²) in [6.45, 7) is 2.35. The molecule has 1 aromatic carbocycles. The SMILES string of the molecule is O=C(C1CCN(S(=O)(=O)c2ccc3c(c2)CCCC3)CC1)N1CCC(n2ccnc2)CC1. The van der Waals surface area contributed by atoms with E-state index in [4.69, 9.17) is 0 Å². The van der Waals surface area contributed by atoms with Crippen LogP contribution in [0.2, 0.25) is 0 Å². The number of amides is 1. The Balaban J connectivity index is 1.17. The van der Waals surface area contributed by atoms with Crippen LogP contribution in [0.15, 0.2) is 41.8 Å². The first-order chi connectivity index (χ1) is 15.5. The van der Waals surface area contributed by atoms with E-state index in [1.807, 2.05) is 29.6 Å². The number of sulfonamides is 1. The summed E-state index contributed by atoms with van der Waals surface area (Å²) >= 11 is 0. The number of carbonyl (C=O) groups is 1. The van der Waals surface area contributed by atoms with Gasteiger partial charge in [-0.15, -0.1) is 0 Å².